The zero-order valence-electron chi connectivity index (χ0n) is 7.26. The molecule has 3 nitrogen and oxygen atoms in total. The molecule has 7 heteroatoms. The van der Waals surface area contributed by atoms with E-state index in [9.17, 15) is 21.6 Å². The lowest BCUT2D eigenvalue weighted by Gasteiger charge is -2.29. The molecule has 0 aromatic rings. The first kappa shape index (κ1) is 10.2. The van der Waals surface area contributed by atoms with Crippen molar-refractivity contribution in [3.05, 3.63) is 0 Å². The summed E-state index contributed by atoms with van der Waals surface area (Å²) >= 11 is 0. The molecule has 2 fully saturated rings. The number of hydrogen-bond donors (Lipinski definition) is 1. The molecule has 0 aromatic heterocycles. The molecular weight excluding hydrogens is 219 g/mol. The van der Waals surface area contributed by atoms with Crippen LogP contribution in [0.25, 0.3) is 0 Å². The highest BCUT2D eigenvalue weighted by Crippen LogP contribution is 2.52. The van der Waals surface area contributed by atoms with Gasteiger partial charge in [-0.25, -0.2) is 8.42 Å². The molecule has 2 unspecified atom stereocenters. The van der Waals surface area contributed by atoms with E-state index < -0.39 is 26.7 Å². The van der Waals surface area contributed by atoms with Gasteiger partial charge in [0.2, 0.25) is 0 Å². The van der Waals surface area contributed by atoms with E-state index in [0.717, 1.165) is 0 Å². The summed E-state index contributed by atoms with van der Waals surface area (Å²) in [6.45, 7) is -0.331. The highest BCUT2D eigenvalue weighted by Gasteiger charge is 2.68. The predicted octanol–water partition coefficient (Wildman–Crippen LogP) is 0.325. The van der Waals surface area contributed by atoms with Crippen LogP contribution in [0.1, 0.15) is 6.42 Å². The summed E-state index contributed by atoms with van der Waals surface area (Å²) in [7, 11) is -3.55. The molecule has 0 bridgehead atoms. The highest BCUT2D eigenvalue weighted by atomic mass is 32.2. The molecule has 0 radical (unpaired) electrons. The second-order valence-electron chi connectivity index (χ2n) is 3.89. The molecule has 0 saturated carbocycles. The summed E-state index contributed by atoms with van der Waals surface area (Å²) in [6.07, 6.45) is -4.72. The van der Waals surface area contributed by atoms with Gasteiger partial charge in [0.05, 0.1) is 16.4 Å². The second-order valence-corrected chi connectivity index (χ2v) is 6.19. The third kappa shape index (κ3) is 1.11. The molecule has 2 saturated heterocycles. The van der Waals surface area contributed by atoms with Crippen molar-refractivity contribution in [2.24, 2.45) is 5.41 Å². The van der Waals surface area contributed by atoms with Gasteiger partial charge in [0.25, 0.3) is 0 Å². The van der Waals surface area contributed by atoms with Crippen LogP contribution in [0, 0.1) is 5.41 Å². The predicted molar refractivity (Wildman–Crippen MR) is 43.5 cm³/mol. The van der Waals surface area contributed by atoms with Crippen LogP contribution >= 0.6 is 0 Å². The largest absolute Gasteiger partial charge is 0.397 e. The fourth-order valence-electron chi connectivity index (χ4n) is 2.35. The van der Waals surface area contributed by atoms with Crippen molar-refractivity contribution >= 4 is 9.84 Å². The topological polar surface area (TPSA) is 46.2 Å². The van der Waals surface area contributed by atoms with Crippen LogP contribution in [0.2, 0.25) is 0 Å². The summed E-state index contributed by atoms with van der Waals surface area (Å²) in [5, 5.41) is 1.26. The first-order chi connectivity index (χ1) is 6.30. The molecule has 2 heterocycles. The molecule has 82 valence electrons. The van der Waals surface area contributed by atoms with Gasteiger partial charge in [-0.3, -0.25) is 0 Å². The number of nitrogens with one attached hydrogen (secondary N) is 1. The third-order valence-corrected chi connectivity index (χ3v) is 5.48. The average molecular weight is 229 g/mol. The standard InChI is InChI=1S/C7H10F3NO2S/c8-7(9,10)6-1-2-14(12,13)5(6)3-11-4-6/h5,11H,1-4H2. The maximum absolute atomic E-state index is 12.7. The zero-order valence-corrected chi connectivity index (χ0v) is 8.08. The summed E-state index contributed by atoms with van der Waals surface area (Å²) in [6, 6.07) is 0. The van der Waals surface area contributed by atoms with Crippen LogP contribution in [0.15, 0.2) is 0 Å². The van der Waals surface area contributed by atoms with E-state index in [1.807, 2.05) is 0 Å². The first-order valence-corrected chi connectivity index (χ1v) is 6.00. The Kier molecular flexibility index (Phi) is 1.92. The summed E-state index contributed by atoms with van der Waals surface area (Å²) in [5.41, 5.74) is -2.02. The van der Waals surface area contributed by atoms with Gasteiger partial charge in [0.15, 0.2) is 9.84 Å². The molecule has 14 heavy (non-hydrogen) atoms. The second kappa shape index (κ2) is 2.63. The van der Waals surface area contributed by atoms with Crippen molar-refractivity contribution in [3.8, 4) is 0 Å². The molecule has 2 rings (SSSR count). The normalized spacial score (nSPS) is 41.2. The Balaban J connectivity index is 2.47. The third-order valence-electron chi connectivity index (χ3n) is 3.22. The number of alkyl halides is 3. The monoisotopic (exact) mass is 229 g/mol. The number of sulfone groups is 1. The molecule has 0 aromatic carbocycles. The molecule has 2 aliphatic rings. The van der Waals surface area contributed by atoms with E-state index in [2.05, 4.69) is 5.32 Å². The van der Waals surface area contributed by atoms with Crippen LogP contribution in [-0.4, -0.2) is 38.7 Å². The van der Waals surface area contributed by atoms with E-state index in [0.29, 0.717) is 0 Å². The lowest BCUT2D eigenvalue weighted by molar-refractivity contribution is -0.213. The molecule has 2 aliphatic heterocycles. The summed E-state index contributed by atoms with van der Waals surface area (Å²) in [5.74, 6) is -0.334. The Hall–Kier alpha value is -0.300. The van der Waals surface area contributed by atoms with Gasteiger partial charge < -0.3 is 5.32 Å². The van der Waals surface area contributed by atoms with Crippen LogP contribution in [0.3, 0.4) is 0 Å². The Bertz CT molecular complexity index is 350. The van der Waals surface area contributed by atoms with E-state index in [1.54, 1.807) is 0 Å². The van der Waals surface area contributed by atoms with Gasteiger partial charge in [0, 0.05) is 13.1 Å². The van der Waals surface area contributed by atoms with Gasteiger partial charge in [-0.2, -0.15) is 13.2 Å². The van der Waals surface area contributed by atoms with Crippen molar-refractivity contribution in [3.63, 3.8) is 0 Å². The lowest BCUT2D eigenvalue weighted by Crippen LogP contribution is -2.45. The zero-order chi connectivity index (χ0) is 10.6. The molecule has 0 amide bonds. The fourth-order valence-corrected chi connectivity index (χ4v) is 4.67. The van der Waals surface area contributed by atoms with E-state index >= 15 is 0 Å². The Morgan fingerprint density at radius 3 is 2.50 bits per heavy atom. The van der Waals surface area contributed by atoms with E-state index in [1.165, 1.54) is 0 Å². The number of rotatable bonds is 0. The first-order valence-electron chi connectivity index (χ1n) is 4.29. The quantitative estimate of drug-likeness (QED) is 0.651. The Morgan fingerprint density at radius 1 is 1.36 bits per heavy atom. The van der Waals surface area contributed by atoms with Crippen molar-refractivity contribution < 1.29 is 21.6 Å². The van der Waals surface area contributed by atoms with Gasteiger partial charge in [-0.05, 0) is 6.42 Å². The molecule has 0 aliphatic carbocycles. The summed E-state index contributed by atoms with van der Waals surface area (Å²) < 4.78 is 60.9. The minimum absolute atomic E-state index is 0.0676. The smallest absolute Gasteiger partial charge is 0.314 e. The average Bonchev–Trinajstić information content (AvgIpc) is 2.51. The highest BCUT2D eigenvalue weighted by molar-refractivity contribution is 7.92. The Labute approximate surface area is 79.6 Å². The summed E-state index contributed by atoms with van der Waals surface area (Å²) in [4.78, 5) is 0. The van der Waals surface area contributed by atoms with Gasteiger partial charge in [0.1, 0.15) is 0 Å². The van der Waals surface area contributed by atoms with Crippen LogP contribution < -0.4 is 5.32 Å². The van der Waals surface area contributed by atoms with Crippen LogP contribution in [0.5, 0.6) is 0 Å². The van der Waals surface area contributed by atoms with E-state index in [-0.39, 0.29) is 25.3 Å². The van der Waals surface area contributed by atoms with Crippen LogP contribution in [-0.2, 0) is 9.84 Å². The van der Waals surface area contributed by atoms with Crippen molar-refractivity contribution in [2.75, 3.05) is 18.8 Å². The Morgan fingerprint density at radius 2 is 2.00 bits per heavy atom. The minimum atomic E-state index is -4.43. The van der Waals surface area contributed by atoms with Gasteiger partial charge in [-0.1, -0.05) is 0 Å². The van der Waals surface area contributed by atoms with Crippen molar-refractivity contribution in [1.29, 1.82) is 0 Å². The van der Waals surface area contributed by atoms with Crippen molar-refractivity contribution in [1.82, 2.24) is 5.32 Å². The van der Waals surface area contributed by atoms with Gasteiger partial charge >= 0.3 is 6.18 Å². The van der Waals surface area contributed by atoms with E-state index in [4.69, 9.17) is 0 Å². The minimum Gasteiger partial charge on any atom is -0.314 e. The maximum atomic E-state index is 12.7. The fraction of sp³-hybridized carbons (Fsp3) is 1.00. The molecule has 1 N–H and O–H groups in total. The molecule has 2 atom stereocenters. The van der Waals surface area contributed by atoms with Gasteiger partial charge in [-0.15, -0.1) is 0 Å². The maximum Gasteiger partial charge on any atom is 0.397 e. The number of hydrogen-bond acceptors (Lipinski definition) is 3. The van der Waals surface area contributed by atoms with Crippen LogP contribution in [0.4, 0.5) is 13.2 Å². The molecular formula is C7H10F3NO2S. The SMILES string of the molecule is O=S1(=O)CCC2(C(F)(F)F)CNCC21. The van der Waals surface area contributed by atoms with Crippen molar-refractivity contribution in [2.45, 2.75) is 17.8 Å². The lowest BCUT2D eigenvalue weighted by atomic mass is 9.83. The molecule has 0 spiro atoms. The number of fused-ring (bicyclic) bond motifs is 1. The number of halogens is 3.